The molecule has 0 spiro atoms. The number of piperidine rings is 1. The van der Waals surface area contributed by atoms with Gasteiger partial charge in [0.1, 0.15) is 5.82 Å². The van der Waals surface area contributed by atoms with E-state index >= 15 is 0 Å². The van der Waals surface area contributed by atoms with E-state index in [0.29, 0.717) is 12.6 Å². The van der Waals surface area contributed by atoms with E-state index in [1.54, 1.807) is 0 Å². The average molecular weight is 265 g/mol. The van der Waals surface area contributed by atoms with Crippen molar-refractivity contribution < 1.29 is 4.79 Å². The van der Waals surface area contributed by atoms with Gasteiger partial charge in [0, 0.05) is 19.0 Å². The van der Waals surface area contributed by atoms with Crippen molar-refractivity contribution in [1.82, 2.24) is 25.8 Å². The van der Waals surface area contributed by atoms with Crippen LogP contribution in [0.2, 0.25) is 0 Å². The maximum absolute atomic E-state index is 11.9. The van der Waals surface area contributed by atoms with Gasteiger partial charge in [-0.2, -0.15) is 0 Å². The molecule has 2 rings (SSSR count). The van der Waals surface area contributed by atoms with Crippen molar-refractivity contribution in [2.45, 2.75) is 46.1 Å². The smallest absolute Gasteiger partial charge is 0.291 e. The molecule has 0 bridgehead atoms. The summed E-state index contributed by atoms with van der Waals surface area (Å²) in [5.74, 6) is 0.755. The number of aryl methyl sites for hydroxylation is 1. The van der Waals surface area contributed by atoms with Gasteiger partial charge < -0.3 is 10.6 Å². The summed E-state index contributed by atoms with van der Waals surface area (Å²) in [6.07, 6.45) is 3.12. The number of hydrogen-bond acceptors (Lipinski definition) is 4. The second kappa shape index (κ2) is 5.69. The van der Waals surface area contributed by atoms with Gasteiger partial charge in [-0.1, -0.05) is 20.8 Å². The van der Waals surface area contributed by atoms with E-state index in [1.165, 1.54) is 12.8 Å². The highest BCUT2D eigenvalue weighted by Crippen LogP contribution is 2.29. The predicted octanol–water partition coefficient (Wildman–Crippen LogP) is 0.875. The first-order valence-corrected chi connectivity index (χ1v) is 6.96. The molecular formula is C13H23N5O. The van der Waals surface area contributed by atoms with Gasteiger partial charge in [0.2, 0.25) is 5.82 Å². The minimum Gasteiger partial charge on any atom is -0.348 e. The number of nitrogens with one attached hydrogen (secondary N) is 3. The van der Waals surface area contributed by atoms with Crippen molar-refractivity contribution in [1.29, 1.82) is 0 Å². The van der Waals surface area contributed by atoms with E-state index in [1.807, 2.05) is 6.92 Å². The number of rotatable bonds is 4. The lowest BCUT2D eigenvalue weighted by Crippen LogP contribution is -2.52. The third-order valence-electron chi connectivity index (χ3n) is 3.87. The summed E-state index contributed by atoms with van der Waals surface area (Å²) in [4.78, 5) is 16.1. The van der Waals surface area contributed by atoms with Gasteiger partial charge >= 0.3 is 0 Å². The van der Waals surface area contributed by atoms with Crippen molar-refractivity contribution in [2.24, 2.45) is 5.41 Å². The third kappa shape index (κ3) is 3.32. The number of hydrogen-bond donors (Lipinski definition) is 3. The van der Waals surface area contributed by atoms with Crippen molar-refractivity contribution >= 4 is 5.91 Å². The first-order chi connectivity index (χ1) is 9.03. The molecule has 1 aliphatic heterocycles. The molecule has 6 nitrogen and oxygen atoms in total. The van der Waals surface area contributed by atoms with E-state index < -0.39 is 0 Å². The fourth-order valence-electron chi connectivity index (χ4n) is 2.45. The van der Waals surface area contributed by atoms with Gasteiger partial charge in [0.25, 0.3) is 5.91 Å². The minimum atomic E-state index is -0.209. The number of aromatic amines is 1. The lowest BCUT2D eigenvalue weighted by atomic mass is 9.77. The molecule has 1 aliphatic rings. The number of amides is 1. The fraction of sp³-hybridized carbons (Fsp3) is 0.769. The molecule has 1 aromatic heterocycles. The number of carbonyl (C=O) groups excluding carboxylic acids is 1. The Hall–Kier alpha value is -1.43. The molecule has 0 aliphatic carbocycles. The van der Waals surface area contributed by atoms with Gasteiger partial charge in [0.05, 0.1) is 0 Å². The summed E-state index contributed by atoms with van der Waals surface area (Å²) in [5.41, 5.74) is 0.207. The summed E-state index contributed by atoms with van der Waals surface area (Å²) < 4.78 is 0. The molecule has 106 valence electrons. The Balaban J connectivity index is 1.89. The summed E-state index contributed by atoms with van der Waals surface area (Å²) >= 11 is 0. The Morgan fingerprint density at radius 3 is 2.95 bits per heavy atom. The van der Waals surface area contributed by atoms with E-state index in [-0.39, 0.29) is 17.1 Å². The molecule has 3 N–H and O–H groups in total. The first-order valence-electron chi connectivity index (χ1n) is 6.96. The molecule has 0 aromatic carbocycles. The van der Waals surface area contributed by atoms with Crippen LogP contribution < -0.4 is 10.6 Å². The second-order valence-electron chi connectivity index (χ2n) is 5.77. The topological polar surface area (TPSA) is 82.7 Å². The Labute approximate surface area is 113 Å². The van der Waals surface area contributed by atoms with Gasteiger partial charge in [-0.15, -0.1) is 5.10 Å². The zero-order chi connectivity index (χ0) is 13.9. The predicted molar refractivity (Wildman–Crippen MR) is 72.9 cm³/mol. The Kier molecular flexibility index (Phi) is 4.19. The molecule has 6 heteroatoms. The van der Waals surface area contributed by atoms with Crippen LogP contribution in [0, 0.1) is 5.41 Å². The molecule has 0 radical (unpaired) electrons. The van der Waals surface area contributed by atoms with Crippen LogP contribution in [0.5, 0.6) is 0 Å². The van der Waals surface area contributed by atoms with E-state index in [9.17, 15) is 4.79 Å². The second-order valence-corrected chi connectivity index (χ2v) is 5.77. The van der Waals surface area contributed by atoms with Crippen LogP contribution in [0.15, 0.2) is 0 Å². The SMILES string of the molecule is CCc1nc(C(=O)NCC2NCCCC2(C)C)n[nH]1. The Bertz CT molecular complexity index is 440. The minimum absolute atomic E-state index is 0.207. The van der Waals surface area contributed by atoms with Gasteiger partial charge in [0.15, 0.2) is 0 Å². The van der Waals surface area contributed by atoms with Gasteiger partial charge in [-0.3, -0.25) is 9.89 Å². The Morgan fingerprint density at radius 2 is 2.32 bits per heavy atom. The van der Waals surface area contributed by atoms with E-state index in [0.717, 1.165) is 18.8 Å². The third-order valence-corrected chi connectivity index (χ3v) is 3.87. The van der Waals surface area contributed by atoms with Gasteiger partial charge in [-0.05, 0) is 24.8 Å². The van der Waals surface area contributed by atoms with Crippen molar-refractivity contribution in [3.8, 4) is 0 Å². The summed E-state index contributed by atoms with van der Waals surface area (Å²) in [6.45, 7) is 8.07. The van der Waals surface area contributed by atoms with Crippen molar-refractivity contribution in [2.75, 3.05) is 13.1 Å². The normalized spacial score (nSPS) is 22.2. The summed E-state index contributed by atoms with van der Waals surface area (Å²) in [6, 6.07) is 0.301. The molecule has 1 aromatic rings. The molecule has 1 amide bonds. The molecule has 0 saturated carbocycles. The van der Waals surface area contributed by atoms with Crippen LogP contribution >= 0.6 is 0 Å². The maximum Gasteiger partial charge on any atom is 0.291 e. The standard InChI is InChI=1S/C13H23N5O/c1-4-10-16-11(18-17-10)12(19)15-8-9-13(2,3)6-5-7-14-9/h9,14H,4-8H2,1-3H3,(H,15,19)(H,16,17,18). The Morgan fingerprint density at radius 1 is 1.53 bits per heavy atom. The largest absolute Gasteiger partial charge is 0.348 e. The van der Waals surface area contributed by atoms with Crippen LogP contribution in [0.1, 0.15) is 50.1 Å². The quantitative estimate of drug-likeness (QED) is 0.754. The summed E-state index contributed by atoms with van der Waals surface area (Å²) in [5, 5.41) is 13.1. The van der Waals surface area contributed by atoms with E-state index in [4.69, 9.17) is 0 Å². The van der Waals surface area contributed by atoms with Crippen LogP contribution in [-0.4, -0.2) is 40.2 Å². The van der Waals surface area contributed by atoms with Crippen LogP contribution in [0.4, 0.5) is 0 Å². The number of aromatic nitrogens is 3. The highest BCUT2D eigenvalue weighted by atomic mass is 16.2. The molecule has 1 unspecified atom stereocenters. The molecule has 1 atom stereocenters. The number of H-pyrrole nitrogens is 1. The molecule has 1 saturated heterocycles. The van der Waals surface area contributed by atoms with Crippen molar-refractivity contribution in [3.63, 3.8) is 0 Å². The lowest BCUT2D eigenvalue weighted by Gasteiger charge is -2.39. The molecular weight excluding hydrogens is 242 g/mol. The fourth-order valence-corrected chi connectivity index (χ4v) is 2.45. The lowest BCUT2D eigenvalue weighted by molar-refractivity contribution is 0.0919. The molecule has 19 heavy (non-hydrogen) atoms. The maximum atomic E-state index is 11.9. The van der Waals surface area contributed by atoms with Crippen LogP contribution in [0.3, 0.4) is 0 Å². The average Bonchev–Trinajstić information content (AvgIpc) is 2.85. The van der Waals surface area contributed by atoms with Crippen LogP contribution in [0.25, 0.3) is 0 Å². The zero-order valence-electron chi connectivity index (χ0n) is 11.9. The highest BCUT2D eigenvalue weighted by Gasteiger charge is 2.32. The highest BCUT2D eigenvalue weighted by molar-refractivity contribution is 5.90. The molecule has 1 fully saturated rings. The monoisotopic (exact) mass is 265 g/mol. The van der Waals surface area contributed by atoms with Gasteiger partial charge in [-0.25, -0.2) is 4.98 Å². The number of nitrogens with zero attached hydrogens (tertiary/aromatic N) is 2. The first kappa shape index (κ1) is 14.0. The van der Waals surface area contributed by atoms with Crippen molar-refractivity contribution in [3.05, 3.63) is 11.6 Å². The summed E-state index contributed by atoms with van der Waals surface area (Å²) in [7, 11) is 0. The van der Waals surface area contributed by atoms with Crippen LogP contribution in [-0.2, 0) is 6.42 Å². The van der Waals surface area contributed by atoms with E-state index in [2.05, 4.69) is 39.7 Å². The number of carbonyl (C=O) groups is 1. The zero-order valence-corrected chi connectivity index (χ0v) is 11.9. The molecule has 2 heterocycles.